The van der Waals surface area contributed by atoms with Gasteiger partial charge in [0, 0.05) is 51.7 Å². The highest BCUT2D eigenvalue weighted by molar-refractivity contribution is 7.11. The predicted molar refractivity (Wildman–Crippen MR) is 126 cm³/mol. The molecule has 2 amide bonds. The summed E-state index contributed by atoms with van der Waals surface area (Å²) in [6, 6.07) is 10.4. The summed E-state index contributed by atoms with van der Waals surface area (Å²) < 4.78 is 0. The first-order valence-electron chi connectivity index (χ1n) is 11.6. The number of thiazole rings is 1. The number of hydrogen-bond donors (Lipinski definition) is 0. The Labute approximate surface area is 193 Å². The highest BCUT2D eigenvalue weighted by Crippen LogP contribution is 2.60. The van der Waals surface area contributed by atoms with Crippen LogP contribution in [0.15, 0.2) is 48.1 Å². The van der Waals surface area contributed by atoms with Crippen molar-refractivity contribution in [2.75, 3.05) is 45.8 Å². The lowest BCUT2D eigenvalue weighted by molar-refractivity contribution is -0.135. The molecule has 2 aromatic rings. The molecular weight excluding hydrogens is 420 g/mol. The maximum absolute atomic E-state index is 13.1. The number of hydrogen-bond acceptors (Lipinski definition) is 5. The number of benzene rings is 1. The molecule has 0 radical (unpaired) electrons. The van der Waals surface area contributed by atoms with Crippen molar-refractivity contribution in [1.82, 2.24) is 19.7 Å². The summed E-state index contributed by atoms with van der Waals surface area (Å²) in [5.41, 5.74) is 3.06. The maximum Gasteiger partial charge on any atom is 0.265 e. The molecule has 1 aliphatic carbocycles. The molecule has 1 atom stereocenters. The number of carbonyl (C=O) groups excluding carboxylic acids is 2. The Bertz CT molecular complexity index is 959. The summed E-state index contributed by atoms with van der Waals surface area (Å²) in [6.45, 7) is 5.93. The molecule has 2 aliphatic heterocycles. The molecule has 3 fully saturated rings. The van der Waals surface area contributed by atoms with Gasteiger partial charge in [0.25, 0.3) is 5.91 Å². The first-order chi connectivity index (χ1) is 15.6. The Kier molecular flexibility index (Phi) is 6.11. The Morgan fingerprint density at radius 3 is 2.47 bits per heavy atom. The van der Waals surface area contributed by atoms with Crippen molar-refractivity contribution in [3.05, 3.63) is 58.6 Å². The Hall–Kier alpha value is -2.51. The zero-order valence-electron chi connectivity index (χ0n) is 18.4. The van der Waals surface area contributed by atoms with Crippen LogP contribution in [0, 0.1) is 11.3 Å². The predicted octanol–water partition coefficient (Wildman–Crippen LogP) is 3.24. The fourth-order valence-electron chi connectivity index (χ4n) is 5.16. The lowest BCUT2D eigenvalue weighted by Gasteiger charge is -2.36. The summed E-state index contributed by atoms with van der Waals surface area (Å²) in [5.74, 6) is 0.586. The highest BCUT2D eigenvalue weighted by Gasteiger charge is 2.59. The topological polar surface area (TPSA) is 56.8 Å². The van der Waals surface area contributed by atoms with Crippen molar-refractivity contribution in [1.29, 1.82) is 0 Å². The quantitative estimate of drug-likeness (QED) is 0.702. The van der Waals surface area contributed by atoms with Gasteiger partial charge in [-0.2, -0.15) is 0 Å². The van der Waals surface area contributed by atoms with Gasteiger partial charge < -0.3 is 9.80 Å². The molecule has 3 aliphatic rings. The van der Waals surface area contributed by atoms with Gasteiger partial charge in [0.05, 0.1) is 11.7 Å². The molecule has 5 rings (SSSR count). The molecule has 1 aromatic heterocycles. The third-order valence-electron chi connectivity index (χ3n) is 7.33. The SMILES string of the molecule is O=C(c1cncs1)N1CCC2(CC1)CC2C(=O)N1CCN(CC=Cc2ccccc2)CC1. The van der Waals surface area contributed by atoms with Crippen molar-refractivity contribution in [3.8, 4) is 0 Å². The van der Waals surface area contributed by atoms with E-state index in [1.54, 1.807) is 11.7 Å². The van der Waals surface area contributed by atoms with E-state index in [1.807, 2.05) is 11.0 Å². The number of likely N-dealkylation sites (tertiary alicyclic amines) is 1. The average molecular weight is 451 g/mol. The van der Waals surface area contributed by atoms with Gasteiger partial charge in [0.1, 0.15) is 4.88 Å². The second kappa shape index (κ2) is 9.16. The van der Waals surface area contributed by atoms with Gasteiger partial charge in [-0.15, -0.1) is 11.3 Å². The van der Waals surface area contributed by atoms with Crippen LogP contribution in [-0.2, 0) is 4.79 Å². The van der Waals surface area contributed by atoms with Gasteiger partial charge in [-0.25, -0.2) is 0 Å². The molecule has 0 bridgehead atoms. The fourth-order valence-corrected chi connectivity index (χ4v) is 5.74. The van der Waals surface area contributed by atoms with Crippen LogP contribution in [0.25, 0.3) is 6.08 Å². The van der Waals surface area contributed by atoms with E-state index in [2.05, 4.69) is 51.2 Å². The molecule has 1 aromatic carbocycles. The van der Waals surface area contributed by atoms with Crippen LogP contribution in [0.4, 0.5) is 0 Å². The lowest BCUT2D eigenvalue weighted by atomic mass is 9.90. The van der Waals surface area contributed by atoms with Crippen molar-refractivity contribution in [3.63, 3.8) is 0 Å². The highest BCUT2D eigenvalue weighted by atomic mass is 32.1. The minimum atomic E-state index is 0.0864. The van der Waals surface area contributed by atoms with Gasteiger partial charge in [-0.1, -0.05) is 42.5 Å². The van der Waals surface area contributed by atoms with Crippen LogP contribution in [0.1, 0.15) is 34.5 Å². The maximum atomic E-state index is 13.1. The summed E-state index contributed by atoms with van der Waals surface area (Å²) in [7, 11) is 0. The molecule has 6 nitrogen and oxygen atoms in total. The fraction of sp³-hybridized carbons (Fsp3) is 0.480. The number of carbonyl (C=O) groups is 2. The molecule has 1 saturated carbocycles. The van der Waals surface area contributed by atoms with Crippen molar-refractivity contribution in [2.45, 2.75) is 19.3 Å². The van der Waals surface area contributed by atoms with Crippen LogP contribution < -0.4 is 0 Å². The van der Waals surface area contributed by atoms with E-state index < -0.39 is 0 Å². The molecule has 168 valence electrons. The average Bonchev–Trinajstić information content (AvgIpc) is 3.26. The molecule has 32 heavy (non-hydrogen) atoms. The lowest BCUT2D eigenvalue weighted by Crippen LogP contribution is -2.49. The molecular formula is C25H30N4O2S. The van der Waals surface area contributed by atoms with Crippen LogP contribution in [0.2, 0.25) is 0 Å². The number of nitrogens with zero attached hydrogens (tertiary/aromatic N) is 4. The van der Waals surface area contributed by atoms with Crippen LogP contribution in [0.3, 0.4) is 0 Å². The van der Waals surface area contributed by atoms with E-state index >= 15 is 0 Å². The molecule has 1 unspecified atom stereocenters. The summed E-state index contributed by atoms with van der Waals surface area (Å²) in [6.07, 6.45) is 8.91. The standard InChI is InChI=1S/C25H30N4O2S/c30-23(29-15-13-27(14-16-29)10-4-7-20-5-2-1-3-6-20)21-17-25(21)8-11-28(12-9-25)24(31)22-18-26-19-32-22/h1-7,18-19,21H,8-17H2. The monoisotopic (exact) mass is 450 g/mol. The van der Waals surface area contributed by atoms with Crippen LogP contribution in [0.5, 0.6) is 0 Å². The first-order valence-corrected chi connectivity index (χ1v) is 12.4. The van der Waals surface area contributed by atoms with E-state index in [9.17, 15) is 9.59 Å². The van der Waals surface area contributed by atoms with E-state index in [1.165, 1.54) is 16.9 Å². The van der Waals surface area contributed by atoms with Gasteiger partial charge >= 0.3 is 0 Å². The van der Waals surface area contributed by atoms with E-state index in [-0.39, 0.29) is 17.2 Å². The van der Waals surface area contributed by atoms with Crippen molar-refractivity contribution in [2.24, 2.45) is 11.3 Å². The number of piperidine rings is 1. The zero-order valence-corrected chi connectivity index (χ0v) is 19.2. The summed E-state index contributed by atoms with van der Waals surface area (Å²) in [4.78, 5) is 36.8. The van der Waals surface area contributed by atoms with Gasteiger partial charge in [-0.05, 0) is 30.2 Å². The second-order valence-corrected chi connectivity index (χ2v) is 10.1. The molecule has 1 spiro atoms. The minimum absolute atomic E-state index is 0.0864. The largest absolute Gasteiger partial charge is 0.340 e. The van der Waals surface area contributed by atoms with Crippen molar-refractivity contribution >= 4 is 29.2 Å². The Morgan fingerprint density at radius 2 is 1.78 bits per heavy atom. The molecule has 3 heterocycles. The Balaban J connectivity index is 1.06. The van der Waals surface area contributed by atoms with E-state index in [0.29, 0.717) is 10.8 Å². The number of rotatable bonds is 5. The first kappa shape index (κ1) is 21.3. The molecule has 7 heteroatoms. The zero-order chi connectivity index (χ0) is 22.0. The molecule has 2 saturated heterocycles. The van der Waals surface area contributed by atoms with Gasteiger partial charge in [-0.3, -0.25) is 19.5 Å². The number of amides is 2. The van der Waals surface area contributed by atoms with Crippen LogP contribution in [-0.4, -0.2) is 77.3 Å². The Morgan fingerprint density at radius 1 is 1.03 bits per heavy atom. The number of piperazine rings is 1. The number of aromatic nitrogens is 1. The van der Waals surface area contributed by atoms with Gasteiger partial charge in [0.15, 0.2) is 0 Å². The van der Waals surface area contributed by atoms with Crippen molar-refractivity contribution < 1.29 is 9.59 Å². The normalized spacial score (nSPS) is 23.1. The summed E-state index contributed by atoms with van der Waals surface area (Å²) in [5, 5.41) is 0. The van der Waals surface area contributed by atoms with Crippen LogP contribution >= 0.6 is 11.3 Å². The minimum Gasteiger partial charge on any atom is -0.340 e. The third kappa shape index (κ3) is 4.50. The third-order valence-corrected chi connectivity index (χ3v) is 8.10. The smallest absolute Gasteiger partial charge is 0.265 e. The molecule has 0 N–H and O–H groups in total. The van der Waals surface area contributed by atoms with E-state index in [0.717, 1.165) is 65.1 Å². The second-order valence-electron chi connectivity index (χ2n) is 9.22. The van der Waals surface area contributed by atoms with Gasteiger partial charge in [0.2, 0.25) is 5.91 Å². The summed E-state index contributed by atoms with van der Waals surface area (Å²) >= 11 is 1.40. The van der Waals surface area contributed by atoms with E-state index in [4.69, 9.17) is 0 Å².